The molecule has 7 nitrogen and oxygen atoms in total. The van der Waals surface area contributed by atoms with E-state index >= 15 is 0 Å². The molecule has 1 aromatic rings. The molecule has 1 atom stereocenters. The van der Waals surface area contributed by atoms with Gasteiger partial charge < -0.3 is 16.0 Å². The Bertz CT molecular complexity index is 590. The van der Waals surface area contributed by atoms with E-state index < -0.39 is 10.8 Å². The molecule has 3 N–H and O–H groups in total. The number of rotatable bonds is 3. The van der Waals surface area contributed by atoms with E-state index in [2.05, 4.69) is 21.0 Å². The molecule has 2 amide bonds. The summed E-state index contributed by atoms with van der Waals surface area (Å²) in [6.45, 7) is 6.84. The third-order valence-electron chi connectivity index (χ3n) is 4.17. The molecule has 1 fully saturated rings. The Morgan fingerprint density at radius 3 is 3.17 bits per heavy atom. The van der Waals surface area contributed by atoms with Crippen LogP contribution in [0.5, 0.6) is 0 Å². The van der Waals surface area contributed by atoms with Crippen LogP contribution in [0, 0.1) is 0 Å². The number of carbonyl (C=O) groups excluding carboxylic acids is 2. The molecule has 1 unspecified atom stereocenters. The van der Waals surface area contributed by atoms with Gasteiger partial charge in [0.2, 0.25) is 11.8 Å². The summed E-state index contributed by atoms with van der Waals surface area (Å²) in [5, 5.41) is 13.6. The van der Waals surface area contributed by atoms with Crippen molar-refractivity contribution in [1.29, 1.82) is 0 Å². The second kappa shape index (κ2) is 6.52. The Kier molecular flexibility index (Phi) is 4.63. The number of thioether (sulfide) groups is 1. The molecule has 0 aliphatic carbocycles. The number of amides is 2. The van der Waals surface area contributed by atoms with E-state index in [1.165, 1.54) is 11.8 Å². The van der Waals surface area contributed by atoms with Gasteiger partial charge in [-0.2, -0.15) is 5.10 Å². The first kappa shape index (κ1) is 16.3. The fourth-order valence-corrected chi connectivity index (χ4v) is 3.69. The van der Waals surface area contributed by atoms with Gasteiger partial charge in [0.05, 0.1) is 22.7 Å². The Morgan fingerprint density at radius 1 is 1.57 bits per heavy atom. The summed E-state index contributed by atoms with van der Waals surface area (Å²) in [6, 6.07) is 1.55. The van der Waals surface area contributed by atoms with E-state index in [4.69, 9.17) is 0 Å². The zero-order valence-electron chi connectivity index (χ0n) is 13.5. The third-order valence-corrected chi connectivity index (χ3v) is 5.57. The van der Waals surface area contributed by atoms with Gasteiger partial charge >= 0.3 is 0 Å². The number of aryl methyl sites for hydroxylation is 1. The van der Waals surface area contributed by atoms with Crippen molar-refractivity contribution in [3.05, 3.63) is 17.5 Å². The average Bonchev–Trinajstić information content (AvgIpc) is 2.77. The highest BCUT2D eigenvalue weighted by Gasteiger charge is 2.37. The van der Waals surface area contributed by atoms with Crippen LogP contribution in [-0.2, 0) is 29.2 Å². The molecule has 0 saturated carbocycles. The molecular weight excluding hydrogens is 314 g/mol. The van der Waals surface area contributed by atoms with Crippen LogP contribution >= 0.6 is 11.8 Å². The minimum absolute atomic E-state index is 0.0892. The summed E-state index contributed by atoms with van der Waals surface area (Å²) in [5.74, 6) is 0.352. The molecule has 2 aliphatic heterocycles. The maximum absolute atomic E-state index is 12.2. The molecule has 1 aromatic heterocycles. The molecule has 0 aromatic carbocycles. The lowest BCUT2D eigenvalue weighted by molar-refractivity contribution is -0.129. The molecule has 0 radical (unpaired) electrons. The van der Waals surface area contributed by atoms with Crippen molar-refractivity contribution in [2.24, 2.45) is 0 Å². The minimum Gasteiger partial charge on any atom is -0.349 e. The first-order valence-corrected chi connectivity index (χ1v) is 8.93. The van der Waals surface area contributed by atoms with Crippen molar-refractivity contribution < 1.29 is 9.59 Å². The lowest BCUT2D eigenvalue weighted by atomic mass is 10.1. The van der Waals surface area contributed by atoms with E-state index in [-0.39, 0.29) is 11.8 Å². The van der Waals surface area contributed by atoms with Crippen LogP contribution in [0.3, 0.4) is 0 Å². The van der Waals surface area contributed by atoms with E-state index in [0.29, 0.717) is 12.3 Å². The van der Waals surface area contributed by atoms with Gasteiger partial charge in [0.25, 0.3) is 0 Å². The second-order valence-corrected chi connectivity index (χ2v) is 8.09. The van der Waals surface area contributed by atoms with Gasteiger partial charge in [-0.05, 0) is 32.9 Å². The third kappa shape index (κ3) is 3.69. The standard InChI is InChI=1S/C15H23N5O2S/c1-15(2)14(22)18-12(9-23-15)13(21)17-7-10-6-11-8-16-4-3-5-20(11)19-10/h6,12,16H,3-5,7-9H2,1-2H3,(H,17,21)(H,18,22). The normalized spacial score (nSPS) is 23.6. The average molecular weight is 337 g/mol. The fraction of sp³-hybridized carbons (Fsp3) is 0.667. The Labute approximate surface area is 140 Å². The van der Waals surface area contributed by atoms with Crippen LogP contribution in [0.2, 0.25) is 0 Å². The first-order valence-electron chi connectivity index (χ1n) is 7.95. The monoisotopic (exact) mass is 337 g/mol. The zero-order chi connectivity index (χ0) is 16.4. The molecule has 1 saturated heterocycles. The molecule has 3 rings (SSSR count). The van der Waals surface area contributed by atoms with E-state index in [0.717, 1.165) is 37.4 Å². The van der Waals surface area contributed by atoms with Crippen molar-refractivity contribution >= 4 is 23.6 Å². The summed E-state index contributed by atoms with van der Waals surface area (Å²) in [5.41, 5.74) is 2.00. The highest BCUT2D eigenvalue weighted by atomic mass is 32.2. The van der Waals surface area contributed by atoms with Crippen LogP contribution in [0.1, 0.15) is 31.7 Å². The van der Waals surface area contributed by atoms with Crippen molar-refractivity contribution in [1.82, 2.24) is 25.7 Å². The van der Waals surface area contributed by atoms with Crippen LogP contribution in [0.4, 0.5) is 0 Å². The predicted octanol–water partition coefficient (Wildman–Crippen LogP) is 0.00280. The summed E-state index contributed by atoms with van der Waals surface area (Å²) in [4.78, 5) is 24.2. The summed E-state index contributed by atoms with van der Waals surface area (Å²) in [7, 11) is 0. The SMILES string of the molecule is CC1(C)SCC(C(=O)NCc2cc3n(n2)CCCNC3)NC1=O. The minimum atomic E-state index is -0.470. The van der Waals surface area contributed by atoms with Crippen molar-refractivity contribution in [2.45, 2.75) is 50.7 Å². The van der Waals surface area contributed by atoms with Crippen LogP contribution in [0.25, 0.3) is 0 Å². The van der Waals surface area contributed by atoms with Crippen LogP contribution in [0.15, 0.2) is 6.07 Å². The Morgan fingerprint density at radius 2 is 2.39 bits per heavy atom. The lowest BCUT2D eigenvalue weighted by Crippen LogP contribution is -2.57. The smallest absolute Gasteiger partial charge is 0.243 e. The zero-order valence-corrected chi connectivity index (χ0v) is 14.3. The lowest BCUT2D eigenvalue weighted by Gasteiger charge is -2.32. The fourth-order valence-electron chi connectivity index (χ4n) is 2.68. The van der Waals surface area contributed by atoms with E-state index in [1.54, 1.807) is 0 Å². The maximum Gasteiger partial charge on any atom is 0.243 e. The summed E-state index contributed by atoms with van der Waals surface area (Å²) in [6.07, 6.45) is 1.06. The topological polar surface area (TPSA) is 88.1 Å². The molecule has 126 valence electrons. The van der Waals surface area contributed by atoms with Gasteiger partial charge in [-0.1, -0.05) is 0 Å². The summed E-state index contributed by atoms with van der Waals surface area (Å²) >= 11 is 1.51. The maximum atomic E-state index is 12.2. The van der Waals surface area contributed by atoms with Crippen LogP contribution in [-0.4, -0.2) is 44.7 Å². The number of aromatic nitrogens is 2. The molecule has 23 heavy (non-hydrogen) atoms. The van der Waals surface area contributed by atoms with E-state index in [9.17, 15) is 9.59 Å². The van der Waals surface area contributed by atoms with Gasteiger partial charge in [0.1, 0.15) is 6.04 Å². The van der Waals surface area contributed by atoms with Crippen LogP contribution < -0.4 is 16.0 Å². The predicted molar refractivity (Wildman–Crippen MR) is 88.9 cm³/mol. The number of hydrogen-bond acceptors (Lipinski definition) is 5. The molecule has 2 aliphatic rings. The first-order chi connectivity index (χ1) is 11.0. The quantitative estimate of drug-likeness (QED) is 0.723. The van der Waals surface area contributed by atoms with Gasteiger partial charge in [-0.25, -0.2) is 0 Å². The van der Waals surface area contributed by atoms with Gasteiger partial charge in [-0.15, -0.1) is 11.8 Å². The number of nitrogens with one attached hydrogen (secondary N) is 3. The number of hydrogen-bond donors (Lipinski definition) is 3. The highest BCUT2D eigenvalue weighted by molar-refractivity contribution is 8.01. The number of nitrogens with zero attached hydrogens (tertiary/aromatic N) is 2. The molecule has 8 heteroatoms. The number of carbonyl (C=O) groups is 2. The van der Waals surface area contributed by atoms with Crippen molar-refractivity contribution in [3.63, 3.8) is 0 Å². The van der Waals surface area contributed by atoms with Gasteiger partial charge in [-0.3, -0.25) is 14.3 Å². The molecule has 0 spiro atoms. The summed E-state index contributed by atoms with van der Waals surface area (Å²) < 4.78 is 1.54. The number of fused-ring (bicyclic) bond motifs is 1. The molecule has 3 heterocycles. The largest absolute Gasteiger partial charge is 0.349 e. The Hall–Kier alpha value is -1.54. The van der Waals surface area contributed by atoms with Gasteiger partial charge in [0, 0.05) is 18.8 Å². The van der Waals surface area contributed by atoms with Gasteiger partial charge in [0.15, 0.2) is 0 Å². The highest BCUT2D eigenvalue weighted by Crippen LogP contribution is 2.28. The molecular formula is C15H23N5O2S. The Balaban J connectivity index is 1.54. The van der Waals surface area contributed by atoms with Crippen molar-refractivity contribution in [2.75, 3.05) is 12.3 Å². The van der Waals surface area contributed by atoms with E-state index in [1.807, 2.05) is 24.6 Å². The van der Waals surface area contributed by atoms with Crippen molar-refractivity contribution in [3.8, 4) is 0 Å². The second-order valence-electron chi connectivity index (χ2n) is 6.45. The molecule has 0 bridgehead atoms.